The van der Waals surface area contributed by atoms with Gasteiger partial charge < -0.3 is 24.7 Å². The highest BCUT2D eigenvalue weighted by Gasteiger charge is 2.75. The van der Waals surface area contributed by atoms with Gasteiger partial charge in [0.05, 0.1) is 17.1 Å². The van der Waals surface area contributed by atoms with E-state index in [4.69, 9.17) is 4.74 Å². The van der Waals surface area contributed by atoms with E-state index in [9.17, 15) is 15.0 Å². The number of phenols is 1. The number of rotatable bonds is 3. The largest absolute Gasteiger partial charge is 0.504 e. The van der Waals surface area contributed by atoms with E-state index in [2.05, 4.69) is 18.9 Å². The van der Waals surface area contributed by atoms with Crippen molar-refractivity contribution < 1.29 is 19.7 Å². The topological polar surface area (TPSA) is 73.2 Å². The van der Waals surface area contributed by atoms with Crippen molar-refractivity contribution in [3.63, 3.8) is 0 Å². The fraction of sp³-hybridized carbons (Fsp3) is 0.483. The molecule has 1 saturated heterocycles. The van der Waals surface area contributed by atoms with Crippen LogP contribution >= 0.6 is 0 Å². The Labute approximate surface area is 206 Å². The minimum Gasteiger partial charge on any atom is -0.504 e. The Hall–Kier alpha value is -2.83. The molecule has 1 saturated carbocycles. The predicted octanol–water partition coefficient (Wildman–Crippen LogP) is 3.27. The molecule has 6 rings (SSSR count). The van der Waals surface area contributed by atoms with E-state index >= 15 is 0 Å². The molecule has 2 heterocycles. The number of hydrogen-bond donors (Lipinski definition) is 2. The summed E-state index contributed by atoms with van der Waals surface area (Å²) in [6.07, 6.45) is 5.17. The number of phenolic OH excluding ortho intramolecular Hbond substituents is 1. The summed E-state index contributed by atoms with van der Waals surface area (Å²) in [5, 5.41) is 23.3. The van der Waals surface area contributed by atoms with E-state index in [1.54, 1.807) is 17.0 Å². The van der Waals surface area contributed by atoms with E-state index < -0.39 is 17.1 Å². The summed E-state index contributed by atoms with van der Waals surface area (Å²) in [7, 11) is 3.93. The molecule has 4 aliphatic rings. The fourth-order valence-corrected chi connectivity index (χ4v) is 7.74. The summed E-state index contributed by atoms with van der Waals surface area (Å²) < 4.78 is 6.57. The summed E-state index contributed by atoms with van der Waals surface area (Å²) in [5.74, 6) is 0.489. The number of hydrogen-bond acceptors (Lipinski definition) is 5. The zero-order chi connectivity index (χ0) is 24.7. The third kappa shape index (κ3) is 2.87. The van der Waals surface area contributed by atoms with Crippen LogP contribution in [0.3, 0.4) is 0 Å². The van der Waals surface area contributed by atoms with Crippen molar-refractivity contribution in [2.24, 2.45) is 5.92 Å². The van der Waals surface area contributed by atoms with Crippen LogP contribution in [0.5, 0.6) is 11.5 Å². The molecule has 6 nitrogen and oxygen atoms in total. The van der Waals surface area contributed by atoms with E-state index in [0.29, 0.717) is 12.2 Å². The second-order valence-corrected chi connectivity index (χ2v) is 11.1. The summed E-state index contributed by atoms with van der Waals surface area (Å²) in [6.45, 7) is 4.99. The standard InChI is InChI=1S/C29H34N2O4/c1-17-6-5-7-19(14-17)8-11-24(33)31(4)21-15-18(2)29(34)23-16-20-9-10-22(32)26-25(20)28(29,27(21)35-26)12-13-30(23)3/h5-11,14,18,21,23,27,32,34H,12-13,15-16H2,1-4H3/b11-8+/t18?,21?,23-,27?,28+,29-/m1/s1. The van der Waals surface area contributed by atoms with Gasteiger partial charge in [0, 0.05) is 24.7 Å². The minimum atomic E-state index is -0.992. The average molecular weight is 475 g/mol. The molecule has 6 atom stereocenters. The monoisotopic (exact) mass is 474 g/mol. The third-order valence-corrected chi connectivity index (χ3v) is 9.43. The first-order valence-corrected chi connectivity index (χ1v) is 12.6. The van der Waals surface area contributed by atoms with Crippen LogP contribution < -0.4 is 4.74 Å². The van der Waals surface area contributed by atoms with Crippen molar-refractivity contribution in [1.29, 1.82) is 0 Å². The smallest absolute Gasteiger partial charge is 0.246 e. The van der Waals surface area contributed by atoms with Gasteiger partial charge in [-0.2, -0.15) is 0 Å². The van der Waals surface area contributed by atoms with Gasteiger partial charge in [0.25, 0.3) is 0 Å². The molecular formula is C29H34N2O4. The molecule has 2 aliphatic carbocycles. The van der Waals surface area contributed by atoms with Crippen molar-refractivity contribution in [2.45, 2.75) is 62.3 Å². The highest BCUT2D eigenvalue weighted by atomic mass is 16.5. The number of benzene rings is 2. The molecule has 1 spiro atoms. The van der Waals surface area contributed by atoms with Gasteiger partial charge in [-0.15, -0.1) is 0 Å². The number of carbonyl (C=O) groups is 1. The van der Waals surface area contributed by atoms with E-state index in [0.717, 1.165) is 41.6 Å². The van der Waals surface area contributed by atoms with Crippen molar-refractivity contribution in [1.82, 2.24) is 9.80 Å². The molecule has 3 unspecified atom stereocenters. The van der Waals surface area contributed by atoms with Gasteiger partial charge in [-0.05, 0) is 69.0 Å². The number of amides is 1. The van der Waals surface area contributed by atoms with Crippen LogP contribution in [0.1, 0.15) is 42.0 Å². The Bertz CT molecular complexity index is 1240. The maximum absolute atomic E-state index is 13.4. The normalized spacial score (nSPS) is 35.0. The number of carbonyl (C=O) groups excluding carboxylic acids is 1. The molecular weight excluding hydrogens is 440 g/mol. The lowest BCUT2D eigenvalue weighted by atomic mass is 9.45. The van der Waals surface area contributed by atoms with Crippen molar-refractivity contribution in [2.75, 3.05) is 20.6 Å². The quantitative estimate of drug-likeness (QED) is 0.668. The van der Waals surface area contributed by atoms with Crippen molar-refractivity contribution in [3.05, 3.63) is 64.7 Å². The number of likely N-dealkylation sites (N-methyl/N-ethyl adjacent to an activating group) is 2. The molecule has 35 heavy (non-hydrogen) atoms. The molecule has 184 valence electrons. The minimum absolute atomic E-state index is 0.0245. The van der Waals surface area contributed by atoms with Gasteiger partial charge in [0.2, 0.25) is 5.91 Å². The summed E-state index contributed by atoms with van der Waals surface area (Å²) in [6, 6.07) is 11.5. The highest BCUT2D eigenvalue weighted by molar-refractivity contribution is 5.92. The number of likely N-dealkylation sites (tertiary alicyclic amines) is 1. The van der Waals surface area contributed by atoms with Crippen LogP contribution in [0.2, 0.25) is 0 Å². The average Bonchev–Trinajstić information content (AvgIpc) is 3.19. The van der Waals surface area contributed by atoms with Gasteiger partial charge in [0.15, 0.2) is 11.5 Å². The lowest BCUT2D eigenvalue weighted by molar-refractivity contribution is -0.220. The first kappa shape index (κ1) is 22.6. The lowest BCUT2D eigenvalue weighted by Gasteiger charge is -2.66. The summed E-state index contributed by atoms with van der Waals surface area (Å²) >= 11 is 0. The molecule has 0 aromatic heterocycles. The van der Waals surface area contributed by atoms with Gasteiger partial charge >= 0.3 is 0 Å². The van der Waals surface area contributed by atoms with E-state index in [1.807, 2.05) is 50.4 Å². The van der Waals surface area contributed by atoms with Crippen LogP contribution in [-0.2, 0) is 16.6 Å². The number of ether oxygens (including phenoxy) is 1. The third-order valence-electron chi connectivity index (χ3n) is 9.43. The number of aromatic hydroxyl groups is 1. The number of aryl methyl sites for hydroxylation is 1. The molecule has 6 heteroatoms. The van der Waals surface area contributed by atoms with Crippen LogP contribution in [-0.4, -0.2) is 70.3 Å². The van der Waals surface area contributed by atoms with Crippen LogP contribution in [0, 0.1) is 12.8 Å². The fourth-order valence-electron chi connectivity index (χ4n) is 7.74. The molecule has 2 bridgehead atoms. The van der Waals surface area contributed by atoms with Gasteiger partial charge in [0.1, 0.15) is 6.10 Å². The maximum atomic E-state index is 13.4. The zero-order valence-electron chi connectivity index (χ0n) is 20.9. The molecule has 1 amide bonds. The Morgan fingerprint density at radius 1 is 1.29 bits per heavy atom. The van der Waals surface area contributed by atoms with E-state index in [-0.39, 0.29) is 29.7 Å². The van der Waals surface area contributed by atoms with Gasteiger partial charge in [-0.3, -0.25) is 4.79 Å². The highest BCUT2D eigenvalue weighted by Crippen LogP contribution is 2.66. The molecule has 0 radical (unpaired) electrons. The zero-order valence-corrected chi connectivity index (χ0v) is 20.9. The van der Waals surface area contributed by atoms with Crippen molar-refractivity contribution in [3.8, 4) is 11.5 Å². The van der Waals surface area contributed by atoms with Crippen LogP contribution in [0.15, 0.2) is 42.5 Å². The predicted molar refractivity (Wildman–Crippen MR) is 134 cm³/mol. The first-order valence-electron chi connectivity index (χ1n) is 12.6. The first-order chi connectivity index (χ1) is 16.7. The number of piperidine rings is 1. The number of aliphatic hydroxyl groups is 1. The Morgan fingerprint density at radius 2 is 2.09 bits per heavy atom. The molecule has 2 aromatic rings. The van der Waals surface area contributed by atoms with Crippen LogP contribution in [0.4, 0.5) is 0 Å². The van der Waals surface area contributed by atoms with Gasteiger partial charge in [-0.1, -0.05) is 42.8 Å². The second kappa shape index (κ2) is 7.58. The van der Waals surface area contributed by atoms with E-state index in [1.165, 1.54) is 0 Å². The lowest BCUT2D eigenvalue weighted by Crippen LogP contribution is -2.80. The van der Waals surface area contributed by atoms with Crippen LogP contribution in [0.25, 0.3) is 6.08 Å². The molecule has 2 aliphatic heterocycles. The molecule has 2 aromatic carbocycles. The second-order valence-electron chi connectivity index (χ2n) is 11.1. The Kier molecular flexibility index (Phi) is 4.90. The molecule has 2 N–H and O–H groups in total. The van der Waals surface area contributed by atoms with Crippen molar-refractivity contribution >= 4 is 12.0 Å². The SMILES string of the molecule is Cc1cccc(/C=C/C(=O)N(C)C2CC(C)[C@@]3(O)[C@H]4Cc5ccc(O)c6c5[C@@]3(CCN4C)C2O6)c1. The molecule has 2 fully saturated rings. The van der Waals surface area contributed by atoms with Gasteiger partial charge in [-0.25, -0.2) is 0 Å². The Morgan fingerprint density at radius 3 is 2.86 bits per heavy atom. The summed E-state index contributed by atoms with van der Waals surface area (Å²) in [4.78, 5) is 17.4. The Balaban J connectivity index is 1.41. The number of nitrogens with zero attached hydrogens (tertiary/aromatic N) is 2. The maximum Gasteiger partial charge on any atom is 0.246 e. The summed E-state index contributed by atoms with van der Waals surface area (Å²) in [5.41, 5.74) is 2.61.